The molecule has 30 heavy (non-hydrogen) atoms. The number of hydrogen-bond acceptors (Lipinski definition) is 4. The van der Waals surface area contributed by atoms with Crippen molar-refractivity contribution in [1.29, 1.82) is 0 Å². The van der Waals surface area contributed by atoms with E-state index in [1.54, 1.807) is 0 Å². The Morgan fingerprint density at radius 3 is 2.63 bits per heavy atom. The molecular formula is C25H24N2O3. The van der Waals surface area contributed by atoms with Crippen LogP contribution in [0.5, 0.6) is 11.5 Å². The third-order valence-corrected chi connectivity index (χ3v) is 5.80. The van der Waals surface area contributed by atoms with Gasteiger partial charge in [0.2, 0.25) is 6.79 Å². The van der Waals surface area contributed by atoms with Crippen LogP contribution in [0, 0.1) is 12.8 Å². The SMILES string of the molecule is Cc1ccc(N2C(=O)c3ccccc3N[C@@H]2[C@@H](C)Cc2ccc3c(c2)OCO3)cc1. The summed E-state index contributed by atoms with van der Waals surface area (Å²) in [6.07, 6.45) is 0.632. The monoisotopic (exact) mass is 400 g/mol. The van der Waals surface area contributed by atoms with Crippen LogP contribution in [0.15, 0.2) is 66.7 Å². The van der Waals surface area contributed by atoms with Crippen molar-refractivity contribution in [1.82, 2.24) is 0 Å². The first kappa shape index (κ1) is 18.6. The van der Waals surface area contributed by atoms with Gasteiger partial charge in [-0.2, -0.15) is 0 Å². The van der Waals surface area contributed by atoms with Crippen LogP contribution < -0.4 is 19.7 Å². The molecular weight excluding hydrogens is 376 g/mol. The van der Waals surface area contributed by atoms with E-state index in [1.807, 2.05) is 65.6 Å². The van der Waals surface area contributed by atoms with Gasteiger partial charge in [-0.15, -0.1) is 0 Å². The molecule has 3 aromatic rings. The van der Waals surface area contributed by atoms with Gasteiger partial charge in [-0.25, -0.2) is 0 Å². The fraction of sp³-hybridized carbons (Fsp3) is 0.240. The van der Waals surface area contributed by atoms with Gasteiger partial charge in [-0.1, -0.05) is 42.8 Å². The highest BCUT2D eigenvalue weighted by Crippen LogP contribution is 2.36. The molecule has 0 unspecified atom stereocenters. The number of para-hydroxylation sites is 1. The van der Waals surface area contributed by atoms with Gasteiger partial charge in [-0.05, 0) is 61.2 Å². The normalized spacial score (nSPS) is 18.0. The average Bonchev–Trinajstić information content (AvgIpc) is 3.22. The van der Waals surface area contributed by atoms with Crippen LogP contribution in [0.1, 0.15) is 28.4 Å². The average molecular weight is 400 g/mol. The molecule has 2 aliphatic heterocycles. The standard InChI is InChI=1S/C25H24N2O3/c1-16-7-10-19(11-8-16)27-24(26-21-6-4-3-5-20(21)25(27)28)17(2)13-18-9-12-22-23(14-18)30-15-29-22/h3-12,14,17,24,26H,13,15H2,1-2H3/t17-,24-/m0/s1. The van der Waals surface area contributed by atoms with Crippen molar-refractivity contribution < 1.29 is 14.3 Å². The van der Waals surface area contributed by atoms with E-state index >= 15 is 0 Å². The highest BCUT2D eigenvalue weighted by molar-refractivity contribution is 6.12. The van der Waals surface area contributed by atoms with Crippen LogP contribution in [0.3, 0.4) is 0 Å². The summed E-state index contributed by atoms with van der Waals surface area (Å²) in [4.78, 5) is 15.4. The van der Waals surface area contributed by atoms with Crippen LogP contribution in [-0.4, -0.2) is 18.9 Å². The Labute approximate surface area is 176 Å². The van der Waals surface area contributed by atoms with E-state index in [-0.39, 0.29) is 24.8 Å². The van der Waals surface area contributed by atoms with Gasteiger partial charge in [0.05, 0.1) is 5.56 Å². The van der Waals surface area contributed by atoms with Crippen molar-refractivity contribution in [2.45, 2.75) is 26.4 Å². The number of carbonyl (C=O) groups excluding carboxylic acids is 1. The number of anilines is 2. The fourth-order valence-electron chi connectivity index (χ4n) is 4.21. The van der Waals surface area contributed by atoms with Crippen molar-refractivity contribution in [2.75, 3.05) is 17.0 Å². The molecule has 0 spiro atoms. The van der Waals surface area contributed by atoms with Crippen LogP contribution in [0.25, 0.3) is 0 Å². The van der Waals surface area contributed by atoms with Gasteiger partial charge < -0.3 is 14.8 Å². The number of aryl methyl sites for hydroxylation is 1. The predicted molar refractivity (Wildman–Crippen MR) is 117 cm³/mol. The van der Waals surface area contributed by atoms with E-state index in [0.29, 0.717) is 5.56 Å². The summed E-state index contributed by atoms with van der Waals surface area (Å²) >= 11 is 0. The Bertz CT molecular complexity index is 1090. The third kappa shape index (κ3) is 3.26. The highest BCUT2D eigenvalue weighted by atomic mass is 16.7. The molecule has 0 aromatic heterocycles. The molecule has 5 heteroatoms. The van der Waals surface area contributed by atoms with E-state index < -0.39 is 0 Å². The number of amides is 1. The lowest BCUT2D eigenvalue weighted by Gasteiger charge is -2.41. The summed E-state index contributed by atoms with van der Waals surface area (Å²) in [5, 5.41) is 3.61. The summed E-state index contributed by atoms with van der Waals surface area (Å²) in [5.41, 5.74) is 4.80. The number of fused-ring (bicyclic) bond motifs is 2. The number of hydrogen-bond donors (Lipinski definition) is 1. The number of ether oxygens (including phenoxy) is 2. The summed E-state index contributed by atoms with van der Waals surface area (Å²) < 4.78 is 11.0. The van der Waals surface area contributed by atoms with E-state index in [2.05, 4.69) is 25.2 Å². The molecule has 1 amide bonds. The second-order valence-electron chi connectivity index (χ2n) is 8.01. The Balaban J connectivity index is 1.48. The largest absolute Gasteiger partial charge is 0.454 e. The molecule has 0 aliphatic carbocycles. The quantitative estimate of drug-likeness (QED) is 0.670. The Morgan fingerprint density at radius 2 is 1.80 bits per heavy atom. The molecule has 5 nitrogen and oxygen atoms in total. The van der Waals surface area contributed by atoms with Crippen molar-refractivity contribution in [3.05, 3.63) is 83.4 Å². The van der Waals surface area contributed by atoms with Crippen LogP contribution >= 0.6 is 0 Å². The van der Waals surface area contributed by atoms with Gasteiger partial charge in [-0.3, -0.25) is 9.69 Å². The molecule has 2 heterocycles. The smallest absolute Gasteiger partial charge is 0.262 e. The van der Waals surface area contributed by atoms with Crippen molar-refractivity contribution in [2.24, 2.45) is 5.92 Å². The molecule has 2 atom stereocenters. The summed E-state index contributed by atoms with van der Waals surface area (Å²) in [7, 11) is 0. The molecule has 0 radical (unpaired) electrons. The first-order valence-corrected chi connectivity index (χ1v) is 10.2. The summed E-state index contributed by atoms with van der Waals surface area (Å²) in [6, 6.07) is 21.9. The van der Waals surface area contributed by atoms with E-state index in [0.717, 1.165) is 34.9 Å². The lowest BCUT2D eigenvalue weighted by atomic mass is 9.93. The van der Waals surface area contributed by atoms with E-state index in [4.69, 9.17) is 9.47 Å². The van der Waals surface area contributed by atoms with E-state index in [1.165, 1.54) is 5.56 Å². The lowest BCUT2D eigenvalue weighted by molar-refractivity contribution is 0.0967. The summed E-state index contributed by atoms with van der Waals surface area (Å²) in [5.74, 6) is 1.75. The topological polar surface area (TPSA) is 50.8 Å². The molecule has 2 aliphatic rings. The molecule has 5 rings (SSSR count). The number of nitrogens with zero attached hydrogens (tertiary/aromatic N) is 1. The number of rotatable bonds is 4. The molecule has 0 saturated heterocycles. The zero-order valence-corrected chi connectivity index (χ0v) is 17.1. The minimum atomic E-state index is -0.166. The van der Waals surface area contributed by atoms with Gasteiger partial charge in [0.1, 0.15) is 6.17 Å². The molecule has 152 valence electrons. The Hall–Kier alpha value is -3.47. The molecule has 1 N–H and O–H groups in total. The zero-order valence-electron chi connectivity index (χ0n) is 17.1. The first-order valence-electron chi connectivity index (χ1n) is 10.2. The highest BCUT2D eigenvalue weighted by Gasteiger charge is 2.36. The minimum Gasteiger partial charge on any atom is -0.454 e. The van der Waals surface area contributed by atoms with Crippen molar-refractivity contribution >= 4 is 17.3 Å². The van der Waals surface area contributed by atoms with Gasteiger partial charge in [0.15, 0.2) is 11.5 Å². The second kappa shape index (κ2) is 7.41. The van der Waals surface area contributed by atoms with Crippen molar-refractivity contribution in [3.63, 3.8) is 0 Å². The molecule has 0 fully saturated rings. The van der Waals surface area contributed by atoms with Gasteiger partial charge in [0, 0.05) is 11.4 Å². The van der Waals surface area contributed by atoms with Gasteiger partial charge in [0.25, 0.3) is 5.91 Å². The zero-order chi connectivity index (χ0) is 20.7. The predicted octanol–water partition coefficient (Wildman–Crippen LogP) is 5.00. The lowest BCUT2D eigenvalue weighted by Crippen LogP contribution is -2.52. The van der Waals surface area contributed by atoms with Gasteiger partial charge >= 0.3 is 0 Å². The number of benzene rings is 3. The maximum Gasteiger partial charge on any atom is 0.262 e. The molecule has 0 bridgehead atoms. The number of nitrogens with one attached hydrogen (secondary N) is 1. The maximum atomic E-state index is 13.5. The Kier molecular flexibility index (Phi) is 4.58. The number of carbonyl (C=O) groups is 1. The van der Waals surface area contributed by atoms with Crippen molar-refractivity contribution in [3.8, 4) is 11.5 Å². The Morgan fingerprint density at radius 1 is 1.03 bits per heavy atom. The maximum absolute atomic E-state index is 13.5. The van der Waals surface area contributed by atoms with E-state index in [9.17, 15) is 4.79 Å². The first-order chi connectivity index (χ1) is 14.6. The summed E-state index contributed by atoms with van der Waals surface area (Å²) in [6.45, 7) is 4.49. The fourth-order valence-corrected chi connectivity index (χ4v) is 4.21. The second-order valence-corrected chi connectivity index (χ2v) is 8.01. The molecule has 0 saturated carbocycles. The minimum absolute atomic E-state index is 0.0238. The van der Waals surface area contributed by atoms with Crippen LogP contribution in [0.2, 0.25) is 0 Å². The molecule has 3 aromatic carbocycles. The van der Waals surface area contributed by atoms with Crippen LogP contribution in [0.4, 0.5) is 11.4 Å². The van der Waals surface area contributed by atoms with Crippen LogP contribution in [-0.2, 0) is 6.42 Å². The third-order valence-electron chi connectivity index (χ3n) is 5.80.